The molecule has 1 fully saturated rings. The Bertz CT molecular complexity index is 1880. The van der Waals surface area contributed by atoms with Gasteiger partial charge in [0.25, 0.3) is 0 Å². The molecular weight excluding hydrogens is 741 g/mol. The number of carbonyl (C=O) groups is 1. The number of amides is 1. The summed E-state index contributed by atoms with van der Waals surface area (Å²) in [7, 11) is 3.44. The summed E-state index contributed by atoms with van der Waals surface area (Å²) in [6.45, 7) is 6.76. The minimum atomic E-state index is -1.32. The molecule has 6 atom stereocenters. The van der Waals surface area contributed by atoms with Crippen molar-refractivity contribution in [1.82, 2.24) is 4.90 Å². The van der Waals surface area contributed by atoms with Gasteiger partial charge in [-0.1, -0.05) is 42.3 Å². The molecule has 3 aliphatic rings. The molecule has 0 aromatic heterocycles. The van der Waals surface area contributed by atoms with Gasteiger partial charge in [0.1, 0.15) is 35.6 Å². The molecular formula is C46H58N2O8S. The first kappa shape index (κ1) is 42.3. The molecule has 0 spiro atoms. The Morgan fingerprint density at radius 2 is 1.77 bits per heavy atom. The van der Waals surface area contributed by atoms with E-state index in [1.807, 2.05) is 80.9 Å². The van der Waals surface area contributed by atoms with Crippen LogP contribution in [-0.2, 0) is 20.8 Å². The molecule has 0 radical (unpaired) electrons. The molecule has 0 bridgehead atoms. The molecule has 1 amide bonds. The SMILES string of the molecule is C=CCO[C@@]12Oc3ccc(Oc4ccc(SC)cc4)cc3[C@H]3[C@H](CCCCO)[C@@H](CCCCO)C=C(C(=NOCC)C[C@@H]1N(C)C(=O)Cc1cccc(OC)c1)[C@H]32. The zero-order chi connectivity index (χ0) is 40.4. The van der Waals surface area contributed by atoms with Crippen molar-refractivity contribution >= 4 is 23.4 Å². The van der Waals surface area contributed by atoms with Crippen LogP contribution in [0.4, 0.5) is 0 Å². The minimum absolute atomic E-state index is 0.0996. The van der Waals surface area contributed by atoms with Crippen LogP contribution >= 0.6 is 11.8 Å². The Morgan fingerprint density at radius 3 is 2.47 bits per heavy atom. The van der Waals surface area contributed by atoms with E-state index in [1.165, 1.54) is 0 Å². The van der Waals surface area contributed by atoms with Gasteiger partial charge in [0.15, 0.2) is 0 Å². The van der Waals surface area contributed by atoms with Gasteiger partial charge < -0.3 is 38.9 Å². The summed E-state index contributed by atoms with van der Waals surface area (Å²) >= 11 is 1.68. The highest BCUT2D eigenvalue weighted by atomic mass is 32.2. The van der Waals surface area contributed by atoms with Crippen LogP contribution in [0.2, 0.25) is 0 Å². The lowest BCUT2D eigenvalue weighted by molar-refractivity contribution is -0.255. The molecule has 11 heteroatoms. The lowest BCUT2D eigenvalue weighted by Gasteiger charge is -2.59. The van der Waals surface area contributed by atoms with E-state index in [-0.39, 0.29) is 55.8 Å². The predicted octanol–water partition coefficient (Wildman–Crippen LogP) is 8.56. The van der Waals surface area contributed by atoms with Crippen LogP contribution in [0.5, 0.6) is 23.0 Å². The first-order chi connectivity index (χ1) is 27.8. The standard InChI is InChI=1S/C46H58N2O8S/c1-6-25-53-46-42(48(3)43(51)27-31-13-12-15-34(26-31)52-4)30-40(47-54-7-2)38-28-32(14-8-10-23-49)37(16-9-11-24-50)44(45(38)46)39-29-35(19-22-41(39)56-46)55-33-17-20-36(57-5)21-18-33/h6,12-13,15,17-22,26,28-29,32,37,42,44-45,49-50H,1,7-11,14,16,23-25,27,30H2,2-5H3/t32-,37+,42-,44+,45+,46+/m0/s1. The minimum Gasteiger partial charge on any atom is -0.497 e. The smallest absolute Gasteiger partial charge is 0.239 e. The second-order valence-corrected chi connectivity index (χ2v) is 15.9. The van der Waals surface area contributed by atoms with Crippen LogP contribution in [0.15, 0.2) is 101 Å². The molecule has 1 heterocycles. The highest BCUT2D eigenvalue weighted by molar-refractivity contribution is 7.98. The van der Waals surface area contributed by atoms with E-state index in [2.05, 4.69) is 18.7 Å². The quantitative estimate of drug-likeness (QED) is 0.0502. The summed E-state index contributed by atoms with van der Waals surface area (Å²) in [5.74, 6) is 1.09. The van der Waals surface area contributed by atoms with Gasteiger partial charge in [0.05, 0.1) is 31.8 Å². The van der Waals surface area contributed by atoms with E-state index < -0.39 is 11.8 Å². The molecule has 2 aliphatic carbocycles. The zero-order valence-electron chi connectivity index (χ0n) is 33.7. The molecule has 0 saturated heterocycles. The highest BCUT2D eigenvalue weighted by Gasteiger charge is 2.65. The van der Waals surface area contributed by atoms with Crippen LogP contribution in [0, 0.1) is 17.8 Å². The van der Waals surface area contributed by atoms with Gasteiger partial charge in [-0.2, -0.15) is 0 Å². The van der Waals surface area contributed by atoms with Crippen LogP contribution in [0.1, 0.15) is 68.9 Å². The van der Waals surface area contributed by atoms with Crippen molar-refractivity contribution < 1.29 is 38.8 Å². The molecule has 1 aliphatic heterocycles. The summed E-state index contributed by atoms with van der Waals surface area (Å²) < 4.78 is 26.2. The van der Waals surface area contributed by atoms with Crippen LogP contribution in [0.3, 0.4) is 0 Å². The van der Waals surface area contributed by atoms with Gasteiger partial charge in [-0.3, -0.25) is 4.79 Å². The number of allylic oxidation sites excluding steroid dienone is 1. The van der Waals surface area contributed by atoms with Crippen molar-refractivity contribution in [2.24, 2.45) is 22.9 Å². The Balaban J connectivity index is 1.52. The topological polar surface area (TPSA) is 119 Å². The van der Waals surface area contributed by atoms with E-state index in [1.54, 1.807) is 29.8 Å². The van der Waals surface area contributed by atoms with E-state index in [0.29, 0.717) is 43.1 Å². The van der Waals surface area contributed by atoms with Gasteiger partial charge in [0.2, 0.25) is 11.7 Å². The van der Waals surface area contributed by atoms with E-state index >= 15 is 0 Å². The van der Waals surface area contributed by atoms with E-state index in [9.17, 15) is 15.0 Å². The van der Waals surface area contributed by atoms with E-state index in [0.717, 1.165) is 58.7 Å². The average molecular weight is 799 g/mol. The third kappa shape index (κ3) is 9.38. The maximum absolute atomic E-state index is 14.4. The summed E-state index contributed by atoms with van der Waals surface area (Å²) in [4.78, 5) is 23.2. The number of methoxy groups -OCH3 is 1. The molecule has 0 unspecified atom stereocenters. The highest BCUT2D eigenvalue weighted by Crippen LogP contribution is 2.62. The fourth-order valence-electron chi connectivity index (χ4n) is 8.97. The zero-order valence-corrected chi connectivity index (χ0v) is 34.5. The van der Waals surface area contributed by atoms with Crippen molar-refractivity contribution in [2.75, 3.05) is 46.8 Å². The number of rotatable bonds is 20. The summed E-state index contributed by atoms with van der Waals surface area (Å²) in [5.41, 5.74) is 3.61. The number of aliphatic hydroxyl groups excluding tert-OH is 2. The first-order valence-corrected chi connectivity index (χ1v) is 21.4. The molecule has 306 valence electrons. The first-order valence-electron chi connectivity index (χ1n) is 20.2. The maximum atomic E-state index is 14.4. The summed E-state index contributed by atoms with van der Waals surface area (Å²) in [5, 5.41) is 24.5. The number of ether oxygens (including phenoxy) is 4. The molecule has 3 aromatic rings. The van der Waals surface area contributed by atoms with E-state index in [4.69, 9.17) is 28.9 Å². The third-order valence-electron chi connectivity index (χ3n) is 11.6. The fraction of sp³-hybridized carbons (Fsp3) is 0.478. The second kappa shape index (κ2) is 19.9. The third-order valence-corrected chi connectivity index (χ3v) is 12.3. The monoisotopic (exact) mass is 798 g/mol. The number of oxime groups is 1. The Morgan fingerprint density at radius 1 is 1.02 bits per heavy atom. The number of thioether (sulfide) groups is 1. The lowest BCUT2D eigenvalue weighted by atomic mass is 9.55. The van der Waals surface area contributed by atoms with Gasteiger partial charge in [-0.15, -0.1) is 18.3 Å². The van der Waals surface area contributed by atoms with Crippen molar-refractivity contribution in [3.8, 4) is 23.0 Å². The fourth-order valence-corrected chi connectivity index (χ4v) is 9.38. The molecule has 10 nitrogen and oxygen atoms in total. The number of unbranched alkanes of at least 4 members (excludes halogenated alkanes) is 2. The average Bonchev–Trinajstić information content (AvgIpc) is 3.23. The number of aliphatic hydroxyl groups is 2. The number of likely N-dealkylation sites (N-methyl/N-ethyl adjacent to an activating group) is 1. The molecule has 6 rings (SSSR count). The summed E-state index contributed by atoms with van der Waals surface area (Å²) in [6, 6.07) is 21.0. The number of nitrogens with zero attached hydrogens (tertiary/aromatic N) is 2. The van der Waals surface area contributed by atoms with Crippen LogP contribution in [0.25, 0.3) is 0 Å². The number of hydrogen-bond donors (Lipinski definition) is 2. The van der Waals surface area contributed by atoms with Gasteiger partial charge in [-0.25, -0.2) is 0 Å². The van der Waals surface area contributed by atoms with Crippen molar-refractivity contribution in [2.45, 2.75) is 80.9 Å². The van der Waals surface area contributed by atoms with Crippen molar-refractivity contribution in [1.29, 1.82) is 0 Å². The molecule has 57 heavy (non-hydrogen) atoms. The second-order valence-electron chi connectivity index (χ2n) is 15.0. The molecule has 3 aromatic carbocycles. The normalized spacial score (nSPS) is 24.1. The van der Waals surface area contributed by atoms with Gasteiger partial charge in [-0.05, 0) is 116 Å². The number of benzene rings is 3. The Labute approximate surface area is 341 Å². The molecule has 2 N–H and O–H groups in total. The van der Waals surface area contributed by atoms with Crippen LogP contribution < -0.4 is 14.2 Å². The maximum Gasteiger partial charge on any atom is 0.239 e. The van der Waals surface area contributed by atoms with Crippen molar-refractivity contribution in [3.63, 3.8) is 0 Å². The number of fused-ring (bicyclic) bond motifs is 2. The largest absolute Gasteiger partial charge is 0.497 e. The van der Waals surface area contributed by atoms with Gasteiger partial charge >= 0.3 is 0 Å². The van der Waals surface area contributed by atoms with Crippen molar-refractivity contribution in [3.05, 3.63) is 102 Å². The number of hydrogen-bond acceptors (Lipinski definition) is 10. The van der Waals surface area contributed by atoms with Gasteiger partial charge in [0, 0.05) is 43.1 Å². The Hall–Kier alpha value is -4.29. The molecule has 1 saturated carbocycles. The van der Waals surface area contributed by atoms with Crippen LogP contribution in [-0.4, -0.2) is 85.4 Å². The Kier molecular flexibility index (Phi) is 14.8. The predicted molar refractivity (Wildman–Crippen MR) is 224 cm³/mol. The lowest BCUT2D eigenvalue weighted by Crippen LogP contribution is -2.69. The summed E-state index contributed by atoms with van der Waals surface area (Å²) in [6.07, 6.45) is 11.4. The number of carbonyl (C=O) groups excluding carboxylic acids is 1.